The first kappa shape index (κ1) is 12.0. The van der Waals surface area contributed by atoms with Crippen LogP contribution in [0.4, 0.5) is 5.69 Å². The lowest BCUT2D eigenvalue weighted by atomic mass is 9.92. The molecule has 2 aliphatic heterocycles. The molecule has 2 aliphatic rings. The number of amides is 1. The molecular weight excluding hydrogens is 292 g/mol. The van der Waals surface area contributed by atoms with Crippen molar-refractivity contribution in [3.05, 3.63) is 28.2 Å². The minimum Gasteiger partial charge on any atom is -0.382 e. The number of benzene rings is 1. The molecule has 1 amide bonds. The molecule has 4 heteroatoms. The molecule has 3 rings (SSSR count). The van der Waals surface area contributed by atoms with Crippen LogP contribution in [0.15, 0.2) is 22.7 Å². The smallest absolute Gasteiger partial charge is 0.223 e. The van der Waals surface area contributed by atoms with Crippen LogP contribution in [0, 0.1) is 0 Å². The molecule has 0 aliphatic carbocycles. The molecule has 1 unspecified atom stereocenters. The van der Waals surface area contributed by atoms with Crippen molar-refractivity contribution in [1.82, 2.24) is 4.90 Å². The van der Waals surface area contributed by atoms with E-state index in [-0.39, 0.29) is 6.04 Å². The van der Waals surface area contributed by atoms with Gasteiger partial charge in [0.25, 0.3) is 0 Å². The maximum atomic E-state index is 12.0. The number of fused-ring (bicyclic) bond motifs is 1. The maximum Gasteiger partial charge on any atom is 0.223 e. The minimum atomic E-state index is 0.240. The van der Waals surface area contributed by atoms with Gasteiger partial charge in [-0.15, -0.1) is 0 Å². The fraction of sp³-hybridized carbons (Fsp3) is 0.500. The van der Waals surface area contributed by atoms with Crippen molar-refractivity contribution in [1.29, 1.82) is 0 Å². The van der Waals surface area contributed by atoms with E-state index in [9.17, 15) is 4.79 Å². The van der Waals surface area contributed by atoms with Gasteiger partial charge in [-0.2, -0.15) is 0 Å². The topological polar surface area (TPSA) is 32.3 Å². The number of hydrogen-bond donors (Lipinski definition) is 1. The van der Waals surface area contributed by atoms with E-state index < -0.39 is 0 Å². The highest BCUT2D eigenvalue weighted by molar-refractivity contribution is 9.10. The molecule has 0 saturated carbocycles. The van der Waals surface area contributed by atoms with Crippen LogP contribution in [0.5, 0.6) is 0 Å². The van der Waals surface area contributed by atoms with Crippen molar-refractivity contribution in [3.8, 4) is 0 Å². The van der Waals surface area contributed by atoms with Crippen LogP contribution < -0.4 is 5.32 Å². The molecule has 1 aromatic rings. The molecule has 18 heavy (non-hydrogen) atoms. The highest BCUT2D eigenvalue weighted by Crippen LogP contribution is 2.39. The Morgan fingerprint density at radius 1 is 1.44 bits per heavy atom. The normalized spacial score (nSPS) is 27.0. The summed E-state index contributed by atoms with van der Waals surface area (Å²) < 4.78 is 1.08. The van der Waals surface area contributed by atoms with Gasteiger partial charge in [-0.3, -0.25) is 4.79 Å². The summed E-state index contributed by atoms with van der Waals surface area (Å²) in [4.78, 5) is 14.0. The van der Waals surface area contributed by atoms with Gasteiger partial charge >= 0.3 is 0 Å². The summed E-state index contributed by atoms with van der Waals surface area (Å²) in [7, 11) is 0. The highest BCUT2D eigenvalue weighted by Gasteiger charge is 2.34. The van der Waals surface area contributed by atoms with Crippen molar-refractivity contribution in [2.75, 3.05) is 11.9 Å². The Labute approximate surface area is 116 Å². The molecule has 2 heterocycles. The summed E-state index contributed by atoms with van der Waals surface area (Å²) in [6.45, 7) is 3.08. The number of anilines is 1. The monoisotopic (exact) mass is 308 g/mol. The van der Waals surface area contributed by atoms with Gasteiger partial charge in [0.2, 0.25) is 5.91 Å². The van der Waals surface area contributed by atoms with Crippen molar-refractivity contribution in [3.63, 3.8) is 0 Å². The van der Waals surface area contributed by atoms with E-state index in [0.29, 0.717) is 18.4 Å². The standard InChI is InChI=1S/C14H17BrN2O/c1-9-7-13(17-6-2-3-14(17)18)11-8-10(15)4-5-12(11)16-9/h4-5,8-9,13,16H,2-3,6-7H2,1H3/t9-,13?/m1/s1. The van der Waals surface area contributed by atoms with Crippen molar-refractivity contribution in [2.24, 2.45) is 0 Å². The first-order valence-corrected chi connectivity index (χ1v) is 7.30. The minimum absolute atomic E-state index is 0.240. The first-order chi connectivity index (χ1) is 8.65. The molecule has 1 N–H and O–H groups in total. The summed E-state index contributed by atoms with van der Waals surface area (Å²) in [6, 6.07) is 6.95. The zero-order valence-corrected chi connectivity index (χ0v) is 12.0. The second-order valence-corrected chi connectivity index (χ2v) is 6.13. The Kier molecular flexibility index (Phi) is 3.06. The van der Waals surface area contributed by atoms with E-state index in [1.165, 1.54) is 11.3 Å². The number of rotatable bonds is 1. The molecule has 1 aromatic carbocycles. The lowest BCUT2D eigenvalue weighted by Gasteiger charge is -2.37. The van der Waals surface area contributed by atoms with Crippen LogP contribution in [0.25, 0.3) is 0 Å². The molecular formula is C14H17BrN2O. The van der Waals surface area contributed by atoms with Gasteiger partial charge < -0.3 is 10.2 Å². The summed E-state index contributed by atoms with van der Waals surface area (Å²) >= 11 is 3.53. The Morgan fingerprint density at radius 3 is 3.00 bits per heavy atom. The molecule has 1 fully saturated rings. The predicted octanol–water partition coefficient (Wildman–Crippen LogP) is 3.32. The number of likely N-dealkylation sites (tertiary alicyclic amines) is 1. The number of halogens is 1. The summed E-state index contributed by atoms with van der Waals surface area (Å²) in [5.41, 5.74) is 2.42. The lowest BCUT2D eigenvalue weighted by molar-refractivity contribution is -0.130. The predicted molar refractivity (Wildman–Crippen MR) is 75.5 cm³/mol. The van der Waals surface area contributed by atoms with Crippen molar-refractivity contribution >= 4 is 27.5 Å². The van der Waals surface area contributed by atoms with Crippen LogP contribution in [0.2, 0.25) is 0 Å². The number of carbonyl (C=O) groups excluding carboxylic acids is 1. The Morgan fingerprint density at radius 2 is 2.28 bits per heavy atom. The SMILES string of the molecule is C[C@@H]1CC(N2CCCC2=O)c2cc(Br)ccc2N1. The van der Waals surface area contributed by atoms with Gasteiger partial charge in [-0.1, -0.05) is 15.9 Å². The van der Waals surface area contributed by atoms with Gasteiger partial charge in [0.05, 0.1) is 6.04 Å². The third-order valence-corrected chi connectivity index (χ3v) is 4.33. The Hall–Kier alpha value is -1.03. The molecule has 0 aromatic heterocycles. The quantitative estimate of drug-likeness (QED) is 0.863. The van der Waals surface area contributed by atoms with Crippen molar-refractivity contribution < 1.29 is 4.79 Å². The van der Waals surface area contributed by atoms with Crippen LogP contribution in [-0.2, 0) is 4.79 Å². The Balaban J connectivity index is 2.00. The van der Waals surface area contributed by atoms with Gasteiger partial charge in [-0.25, -0.2) is 0 Å². The Bertz CT molecular complexity index is 489. The molecule has 3 nitrogen and oxygen atoms in total. The van der Waals surface area contributed by atoms with E-state index in [1.807, 2.05) is 6.07 Å². The fourth-order valence-corrected chi connectivity index (χ4v) is 3.40. The summed E-state index contributed by atoms with van der Waals surface area (Å²) in [5.74, 6) is 0.306. The third-order valence-electron chi connectivity index (χ3n) is 3.84. The molecule has 96 valence electrons. The van der Waals surface area contributed by atoms with Gasteiger partial charge in [0, 0.05) is 29.2 Å². The average molecular weight is 309 g/mol. The largest absolute Gasteiger partial charge is 0.382 e. The van der Waals surface area contributed by atoms with E-state index in [2.05, 4.69) is 45.2 Å². The number of nitrogens with one attached hydrogen (secondary N) is 1. The van der Waals surface area contributed by atoms with Gasteiger partial charge in [0.15, 0.2) is 0 Å². The van der Waals surface area contributed by atoms with E-state index >= 15 is 0 Å². The van der Waals surface area contributed by atoms with E-state index in [4.69, 9.17) is 0 Å². The molecule has 0 spiro atoms. The zero-order valence-electron chi connectivity index (χ0n) is 10.4. The van der Waals surface area contributed by atoms with E-state index in [1.54, 1.807) is 0 Å². The summed E-state index contributed by atoms with van der Waals surface area (Å²) in [6.07, 6.45) is 2.71. The second-order valence-electron chi connectivity index (χ2n) is 5.22. The molecule has 1 saturated heterocycles. The third kappa shape index (κ3) is 2.03. The summed E-state index contributed by atoms with van der Waals surface area (Å²) in [5, 5.41) is 3.50. The van der Waals surface area contributed by atoms with E-state index in [0.717, 1.165) is 23.9 Å². The second kappa shape index (κ2) is 4.57. The molecule has 2 atom stereocenters. The van der Waals surface area contributed by atoms with Crippen LogP contribution in [0.1, 0.15) is 37.8 Å². The highest BCUT2D eigenvalue weighted by atomic mass is 79.9. The number of carbonyl (C=O) groups is 1. The van der Waals surface area contributed by atoms with Gasteiger partial charge in [0.1, 0.15) is 0 Å². The number of nitrogens with zero attached hydrogens (tertiary/aromatic N) is 1. The first-order valence-electron chi connectivity index (χ1n) is 6.50. The average Bonchev–Trinajstić information content (AvgIpc) is 2.75. The fourth-order valence-electron chi connectivity index (χ4n) is 3.02. The zero-order chi connectivity index (χ0) is 12.7. The van der Waals surface area contributed by atoms with Crippen LogP contribution >= 0.6 is 15.9 Å². The van der Waals surface area contributed by atoms with Crippen molar-refractivity contribution in [2.45, 2.75) is 38.3 Å². The van der Waals surface area contributed by atoms with Crippen LogP contribution in [0.3, 0.4) is 0 Å². The molecule has 0 bridgehead atoms. The van der Waals surface area contributed by atoms with Crippen LogP contribution in [-0.4, -0.2) is 23.4 Å². The molecule has 0 radical (unpaired) electrons. The maximum absolute atomic E-state index is 12.0. The van der Waals surface area contributed by atoms with Gasteiger partial charge in [-0.05, 0) is 43.5 Å². The lowest BCUT2D eigenvalue weighted by Crippen LogP contribution is -2.37. The number of hydrogen-bond acceptors (Lipinski definition) is 2.